The Hall–Kier alpha value is -0.730. The van der Waals surface area contributed by atoms with Crippen molar-refractivity contribution in [3.05, 3.63) is 29.8 Å². The van der Waals surface area contributed by atoms with E-state index >= 15 is 0 Å². The van der Waals surface area contributed by atoms with Crippen molar-refractivity contribution in [2.75, 3.05) is 31.0 Å². The van der Waals surface area contributed by atoms with Gasteiger partial charge in [-0.15, -0.1) is 11.6 Å². The number of anilines is 1. The van der Waals surface area contributed by atoms with E-state index < -0.39 is 0 Å². The summed E-state index contributed by atoms with van der Waals surface area (Å²) in [6.45, 7) is 4.39. The van der Waals surface area contributed by atoms with E-state index in [2.05, 4.69) is 29.6 Å². The molecule has 0 saturated carbocycles. The van der Waals surface area contributed by atoms with Gasteiger partial charge >= 0.3 is 0 Å². The third kappa shape index (κ3) is 5.38. The molecule has 0 aliphatic carbocycles. The van der Waals surface area contributed by atoms with Crippen LogP contribution in [0.25, 0.3) is 0 Å². The van der Waals surface area contributed by atoms with Crippen LogP contribution in [0, 0.1) is 0 Å². The molecule has 0 saturated heterocycles. The molecule has 0 fully saturated rings. The van der Waals surface area contributed by atoms with Crippen LogP contribution < -0.4 is 5.32 Å². The molecule has 0 aliphatic heterocycles. The summed E-state index contributed by atoms with van der Waals surface area (Å²) >= 11 is 5.68. The number of aryl methyl sites for hydroxylation is 1. The Morgan fingerprint density at radius 3 is 3.00 bits per heavy atom. The molecule has 0 aliphatic rings. The highest BCUT2D eigenvalue weighted by Gasteiger charge is 1.95. The third-order valence-corrected chi connectivity index (χ3v) is 2.57. The Bertz CT molecular complexity index is 291. The van der Waals surface area contributed by atoms with E-state index in [-0.39, 0.29) is 0 Å². The third-order valence-electron chi connectivity index (χ3n) is 2.31. The molecule has 1 aromatic rings. The first-order valence-corrected chi connectivity index (χ1v) is 6.36. The van der Waals surface area contributed by atoms with E-state index in [9.17, 15) is 0 Å². The second-order valence-electron chi connectivity index (χ2n) is 3.62. The van der Waals surface area contributed by atoms with Crippen molar-refractivity contribution < 1.29 is 4.74 Å². The molecule has 1 N–H and O–H groups in total. The minimum atomic E-state index is 0.724. The number of halogens is 1. The molecule has 0 heterocycles. The van der Waals surface area contributed by atoms with Gasteiger partial charge in [0.15, 0.2) is 0 Å². The zero-order valence-electron chi connectivity index (χ0n) is 9.84. The average Bonchev–Trinajstić information content (AvgIpc) is 2.33. The summed E-state index contributed by atoms with van der Waals surface area (Å²) in [5.41, 5.74) is 2.49. The fourth-order valence-corrected chi connectivity index (χ4v) is 1.65. The smallest absolute Gasteiger partial charge is 0.0638 e. The molecule has 0 unspecified atom stereocenters. The Kier molecular flexibility index (Phi) is 7.02. The van der Waals surface area contributed by atoms with Crippen LogP contribution in [0.2, 0.25) is 0 Å². The van der Waals surface area contributed by atoms with E-state index in [4.69, 9.17) is 16.3 Å². The minimum absolute atomic E-state index is 0.724. The second-order valence-corrected chi connectivity index (χ2v) is 3.99. The second kappa shape index (κ2) is 8.43. The molecule has 1 rings (SSSR count). The number of rotatable bonds is 8. The fourth-order valence-electron chi connectivity index (χ4n) is 1.52. The Morgan fingerprint density at radius 2 is 2.25 bits per heavy atom. The number of alkyl halides is 1. The maximum Gasteiger partial charge on any atom is 0.0638 e. The van der Waals surface area contributed by atoms with Gasteiger partial charge in [-0.05, 0) is 37.5 Å². The molecule has 0 aromatic heterocycles. The van der Waals surface area contributed by atoms with Crippen LogP contribution in [-0.2, 0) is 11.2 Å². The summed E-state index contributed by atoms with van der Waals surface area (Å²) in [6, 6.07) is 8.47. The molecule has 2 nitrogen and oxygen atoms in total. The van der Waals surface area contributed by atoms with Gasteiger partial charge in [-0.2, -0.15) is 0 Å². The SMILES string of the molecule is CCOCCNc1cccc(CCCCl)c1. The molecule has 0 bridgehead atoms. The summed E-state index contributed by atoms with van der Waals surface area (Å²) in [4.78, 5) is 0. The Morgan fingerprint density at radius 1 is 1.38 bits per heavy atom. The lowest BCUT2D eigenvalue weighted by molar-refractivity contribution is 0.158. The molecule has 0 amide bonds. The zero-order valence-corrected chi connectivity index (χ0v) is 10.6. The van der Waals surface area contributed by atoms with Crippen LogP contribution in [-0.4, -0.2) is 25.6 Å². The monoisotopic (exact) mass is 241 g/mol. The molecule has 0 spiro atoms. The summed E-state index contributed by atoms with van der Waals surface area (Å²) in [5.74, 6) is 0.724. The van der Waals surface area contributed by atoms with Crippen molar-refractivity contribution in [3.63, 3.8) is 0 Å². The lowest BCUT2D eigenvalue weighted by Gasteiger charge is -2.08. The molecule has 90 valence electrons. The van der Waals surface area contributed by atoms with Crippen LogP contribution in [0.1, 0.15) is 18.9 Å². The summed E-state index contributed by atoms with van der Waals surface area (Å²) in [6.07, 6.45) is 2.08. The predicted molar refractivity (Wildman–Crippen MR) is 70.5 cm³/mol. The van der Waals surface area contributed by atoms with E-state index in [0.717, 1.165) is 44.2 Å². The molecule has 16 heavy (non-hydrogen) atoms. The first kappa shape index (κ1) is 13.3. The fraction of sp³-hybridized carbons (Fsp3) is 0.538. The van der Waals surface area contributed by atoms with E-state index in [1.807, 2.05) is 6.92 Å². The normalized spacial score (nSPS) is 10.4. The number of benzene rings is 1. The van der Waals surface area contributed by atoms with Crippen LogP contribution in [0.4, 0.5) is 5.69 Å². The highest BCUT2D eigenvalue weighted by molar-refractivity contribution is 6.17. The predicted octanol–water partition coefficient (Wildman–Crippen LogP) is 3.31. The van der Waals surface area contributed by atoms with Gasteiger partial charge in [0.2, 0.25) is 0 Å². The molecule has 1 aromatic carbocycles. The van der Waals surface area contributed by atoms with E-state index in [1.54, 1.807) is 0 Å². The van der Waals surface area contributed by atoms with Crippen molar-refractivity contribution >= 4 is 17.3 Å². The van der Waals surface area contributed by atoms with Gasteiger partial charge in [-0.25, -0.2) is 0 Å². The van der Waals surface area contributed by atoms with Crippen molar-refractivity contribution in [2.24, 2.45) is 0 Å². The first-order chi connectivity index (χ1) is 7.86. The van der Waals surface area contributed by atoms with Gasteiger partial charge in [0.05, 0.1) is 6.61 Å². The number of ether oxygens (including phenoxy) is 1. The zero-order chi connectivity index (χ0) is 11.6. The van der Waals surface area contributed by atoms with Gasteiger partial charge in [-0.1, -0.05) is 12.1 Å². The van der Waals surface area contributed by atoms with E-state index in [0.29, 0.717) is 0 Å². The Labute approximate surface area is 103 Å². The number of hydrogen-bond donors (Lipinski definition) is 1. The quantitative estimate of drug-likeness (QED) is 0.557. The maximum atomic E-state index is 5.68. The lowest BCUT2D eigenvalue weighted by Crippen LogP contribution is -2.09. The van der Waals surface area contributed by atoms with Crippen molar-refractivity contribution in [2.45, 2.75) is 19.8 Å². The van der Waals surface area contributed by atoms with Crippen LogP contribution in [0.15, 0.2) is 24.3 Å². The van der Waals surface area contributed by atoms with Crippen LogP contribution in [0.3, 0.4) is 0 Å². The topological polar surface area (TPSA) is 21.3 Å². The summed E-state index contributed by atoms with van der Waals surface area (Å²) < 4.78 is 5.27. The van der Waals surface area contributed by atoms with Gasteiger partial charge < -0.3 is 10.1 Å². The van der Waals surface area contributed by atoms with Crippen molar-refractivity contribution in [1.29, 1.82) is 0 Å². The summed E-state index contributed by atoms with van der Waals surface area (Å²) in [7, 11) is 0. The molecule has 0 radical (unpaired) electrons. The standard InChI is InChI=1S/C13H20ClNO/c1-2-16-10-9-15-13-7-3-5-12(11-13)6-4-8-14/h3,5,7,11,15H,2,4,6,8-10H2,1H3. The van der Waals surface area contributed by atoms with E-state index in [1.165, 1.54) is 5.56 Å². The van der Waals surface area contributed by atoms with Crippen LogP contribution in [0.5, 0.6) is 0 Å². The number of nitrogens with one attached hydrogen (secondary N) is 1. The molecular formula is C13H20ClNO. The van der Waals surface area contributed by atoms with Gasteiger partial charge in [-0.3, -0.25) is 0 Å². The maximum absolute atomic E-state index is 5.68. The van der Waals surface area contributed by atoms with Crippen molar-refractivity contribution in [3.8, 4) is 0 Å². The average molecular weight is 242 g/mol. The largest absolute Gasteiger partial charge is 0.383 e. The van der Waals surface area contributed by atoms with Gasteiger partial charge in [0.25, 0.3) is 0 Å². The summed E-state index contributed by atoms with van der Waals surface area (Å²) in [5, 5.41) is 3.34. The highest BCUT2D eigenvalue weighted by atomic mass is 35.5. The minimum Gasteiger partial charge on any atom is -0.383 e. The molecular weight excluding hydrogens is 222 g/mol. The van der Waals surface area contributed by atoms with Crippen LogP contribution >= 0.6 is 11.6 Å². The first-order valence-electron chi connectivity index (χ1n) is 5.83. The highest BCUT2D eigenvalue weighted by Crippen LogP contribution is 2.12. The van der Waals surface area contributed by atoms with Crippen molar-refractivity contribution in [1.82, 2.24) is 0 Å². The molecule has 3 heteroatoms. The lowest BCUT2D eigenvalue weighted by atomic mass is 10.1. The van der Waals surface area contributed by atoms with Gasteiger partial charge in [0, 0.05) is 24.7 Å². The Balaban J connectivity index is 2.35. The molecule has 0 atom stereocenters. The van der Waals surface area contributed by atoms with Gasteiger partial charge in [0.1, 0.15) is 0 Å². The number of hydrogen-bond acceptors (Lipinski definition) is 2.